The summed E-state index contributed by atoms with van der Waals surface area (Å²) in [5.74, 6) is 0.179. The van der Waals surface area contributed by atoms with Gasteiger partial charge < -0.3 is 25.7 Å². The number of carbonyl (C=O) groups excluding carboxylic acids is 1. The summed E-state index contributed by atoms with van der Waals surface area (Å²) in [7, 11) is 4.44. The van der Waals surface area contributed by atoms with Crippen LogP contribution in [0.15, 0.2) is 52.4 Å². The van der Waals surface area contributed by atoms with E-state index in [1.54, 1.807) is 30.3 Å². The van der Waals surface area contributed by atoms with Crippen molar-refractivity contribution >= 4 is 35.0 Å². The molecule has 0 saturated carbocycles. The normalized spacial score (nSPS) is 10.1. The van der Waals surface area contributed by atoms with Crippen molar-refractivity contribution in [2.45, 2.75) is 0 Å². The Balaban J connectivity index is 0.00000320. The van der Waals surface area contributed by atoms with Gasteiger partial charge in [0.2, 0.25) is 0 Å². The summed E-state index contributed by atoms with van der Waals surface area (Å²) in [6.45, 7) is 0. The molecule has 0 radical (unpaired) electrons. The molecular weight excluding hydrogens is 412 g/mol. The molecule has 0 fully saturated rings. The lowest BCUT2D eigenvalue weighted by atomic mass is 10.1. The van der Waals surface area contributed by atoms with Crippen molar-refractivity contribution in [3.8, 4) is 22.9 Å². The number of methoxy groups -OCH3 is 3. The Labute approximate surface area is 178 Å². The van der Waals surface area contributed by atoms with Gasteiger partial charge in [0.1, 0.15) is 5.75 Å². The molecular formula is C20H21ClN4O5. The van der Waals surface area contributed by atoms with E-state index in [1.165, 1.54) is 38.2 Å². The molecule has 4 N–H and O–H groups in total. The molecule has 1 heterocycles. The summed E-state index contributed by atoms with van der Waals surface area (Å²) in [6, 6.07) is 9.92. The third-order valence-electron chi connectivity index (χ3n) is 4.31. The summed E-state index contributed by atoms with van der Waals surface area (Å²) < 4.78 is 17.2. The zero-order chi connectivity index (χ0) is 21.1. The third kappa shape index (κ3) is 4.15. The van der Waals surface area contributed by atoms with Crippen LogP contribution < -0.4 is 31.2 Å². The average molecular weight is 433 g/mol. The van der Waals surface area contributed by atoms with Gasteiger partial charge in [0.05, 0.1) is 38.0 Å². The number of fused-ring (bicyclic) bond motifs is 1. The maximum Gasteiger partial charge on any atom is 0.282 e. The highest BCUT2D eigenvalue weighted by Gasteiger charge is 2.19. The molecule has 0 bridgehead atoms. The van der Waals surface area contributed by atoms with Gasteiger partial charge in [-0.05, 0) is 24.3 Å². The van der Waals surface area contributed by atoms with Crippen molar-refractivity contribution in [1.82, 2.24) is 4.57 Å². The summed E-state index contributed by atoms with van der Waals surface area (Å²) in [5, 5.41) is 0.573. The molecule has 0 aliphatic heterocycles. The molecule has 0 spiro atoms. The largest absolute Gasteiger partial charge is 0.497 e. The van der Waals surface area contributed by atoms with Gasteiger partial charge in [-0.3, -0.25) is 14.2 Å². The molecule has 1 amide bonds. The zero-order valence-corrected chi connectivity index (χ0v) is 17.4. The van der Waals surface area contributed by atoms with Gasteiger partial charge in [0, 0.05) is 17.6 Å². The Bertz CT molecular complexity index is 1190. The monoisotopic (exact) mass is 432 g/mol. The first kappa shape index (κ1) is 22.6. The minimum absolute atomic E-state index is 0. The second kappa shape index (κ2) is 9.19. The first-order valence-corrected chi connectivity index (χ1v) is 8.49. The van der Waals surface area contributed by atoms with Crippen LogP contribution in [0.3, 0.4) is 0 Å². The number of guanidine groups is 1. The van der Waals surface area contributed by atoms with E-state index in [1.807, 2.05) is 0 Å². The lowest BCUT2D eigenvalue weighted by Gasteiger charge is -2.14. The average Bonchev–Trinajstić information content (AvgIpc) is 2.72. The van der Waals surface area contributed by atoms with E-state index in [9.17, 15) is 9.59 Å². The SMILES string of the molecule is COc1cccc(-n2cc(C(=O)N=C(N)N)c3cc(OC)c(OC)cc3c2=O)c1.Cl. The maximum atomic E-state index is 13.2. The van der Waals surface area contributed by atoms with E-state index in [0.29, 0.717) is 28.3 Å². The molecule has 2 aromatic carbocycles. The van der Waals surface area contributed by atoms with Crippen LogP contribution >= 0.6 is 12.4 Å². The Morgan fingerprint density at radius 1 is 0.967 bits per heavy atom. The Morgan fingerprint density at radius 2 is 1.60 bits per heavy atom. The number of halogens is 1. The lowest BCUT2D eigenvalue weighted by Crippen LogP contribution is -2.25. The molecule has 0 saturated heterocycles. The highest BCUT2D eigenvalue weighted by molar-refractivity contribution is 6.10. The predicted octanol–water partition coefficient (Wildman–Crippen LogP) is 1.85. The molecule has 0 aliphatic carbocycles. The van der Waals surface area contributed by atoms with E-state index in [2.05, 4.69) is 4.99 Å². The lowest BCUT2D eigenvalue weighted by molar-refractivity contribution is 0.100. The van der Waals surface area contributed by atoms with Crippen molar-refractivity contribution in [3.05, 3.63) is 58.5 Å². The van der Waals surface area contributed by atoms with Crippen LogP contribution in [-0.2, 0) is 0 Å². The number of rotatable bonds is 5. The number of hydrogen-bond acceptors (Lipinski definition) is 5. The van der Waals surface area contributed by atoms with E-state index >= 15 is 0 Å². The van der Waals surface area contributed by atoms with Crippen molar-refractivity contribution in [1.29, 1.82) is 0 Å². The van der Waals surface area contributed by atoms with Crippen molar-refractivity contribution in [2.24, 2.45) is 16.5 Å². The molecule has 158 valence electrons. The smallest absolute Gasteiger partial charge is 0.282 e. The van der Waals surface area contributed by atoms with Gasteiger partial charge in [0.15, 0.2) is 17.5 Å². The summed E-state index contributed by atoms with van der Waals surface area (Å²) >= 11 is 0. The number of aliphatic imine (C=N–C) groups is 1. The highest BCUT2D eigenvalue weighted by Crippen LogP contribution is 2.33. The fourth-order valence-electron chi connectivity index (χ4n) is 2.97. The molecule has 30 heavy (non-hydrogen) atoms. The number of nitrogens with two attached hydrogens (primary N) is 2. The predicted molar refractivity (Wildman–Crippen MR) is 117 cm³/mol. The van der Waals surface area contributed by atoms with Crippen molar-refractivity contribution in [2.75, 3.05) is 21.3 Å². The number of amides is 1. The van der Waals surface area contributed by atoms with Crippen molar-refractivity contribution < 1.29 is 19.0 Å². The minimum Gasteiger partial charge on any atom is -0.497 e. The number of hydrogen-bond donors (Lipinski definition) is 2. The van der Waals surface area contributed by atoms with Crippen LogP contribution in [0.25, 0.3) is 16.5 Å². The Morgan fingerprint density at radius 3 is 2.17 bits per heavy atom. The fourth-order valence-corrected chi connectivity index (χ4v) is 2.97. The zero-order valence-electron chi connectivity index (χ0n) is 16.5. The minimum atomic E-state index is -0.695. The standard InChI is InChI=1S/C20H20N4O5.ClH/c1-27-12-6-4-5-11(7-12)24-10-15(18(25)23-20(21)22)13-8-16(28-2)17(29-3)9-14(13)19(24)26;/h4-10H,1-3H3,(H4,21,22,23,25);1H. The number of carbonyl (C=O) groups is 1. The van der Waals surface area contributed by atoms with Crippen LogP contribution in [0.5, 0.6) is 17.2 Å². The van der Waals surface area contributed by atoms with Gasteiger partial charge in [-0.15, -0.1) is 12.4 Å². The van der Waals surface area contributed by atoms with E-state index in [0.717, 1.165) is 0 Å². The van der Waals surface area contributed by atoms with Crippen molar-refractivity contribution in [3.63, 3.8) is 0 Å². The highest BCUT2D eigenvalue weighted by atomic mass is 35.5. The number of ether oxygens (including phenoxy) is 3. The summed E-state index contributed by atoms with van der Waals surface area (Å²) in [6.07, 6.45) is 1.39. The first-order valence-electron chi connectivity index (χ1n) is 8.49. The topological polar surface area (TPSA) is 131 Å². The van der Waals surface area contributed by atoms with E-state index < -0.39 is 5.91 Å². The number of nitrogens with zero attached hydrogens (tertiary/aromatic N) is 2. The van der Waals surface area contributed by atoms with E-state index in [-0.39, 0.29) is 34.9 Å². The van der Waals surface area contributed by atoms with Gasteiger partial charge in [-0.2, -0.15) is 4.99 Å². The number of aromatic nitrogens is 1. The van der Waals surface area contributed by atoms with Gasteiger partial charge in [-0.1, -0.05) is 6.07 Å². The second-order valence-corrected chi connectivity index (χ2v) is 6.01. The number of pyridine rings is 1. The van der Waals surface area contributed by atoms with Crippen LogP contribution in [0.1, 0.15) is 10.4 Å². The van der Waals surface area contributed by atoms with E-state index in [4.69, 9.17) is 25.7 Å². The number of benzene rings is 2. The molecule has 3 aromatic rings. The van der Waals surface area contributed by atoms with Gasteiger partial charge in [-0.25, -0.2) is 0 Å². The molecule has 0 unspecified atom stereocenters. The molecule has 0 aliphatic rings. The maximum absolute atomic E-state index is 13.2. The molecule has 9 nitrogen and oxygen atoms in total. The summed E-state index contributed by atoms with van der Waals surface area (Å²) in [5.41, 5.74) is 11.0. The van der Waals surface area contributed by atoms with Crippen LogP contribution in [0, 0.1) is 0 Å². The Hall–Kier alpha value is -3.72. The Kier molecular flexibility index (Phi) is 6.91. The van der Waals surface area contributed by atoms with Crippen LogP contribution in [0.4, 0.5) is 0 Å². The second-order valence-electron chi connectivity index (χ2n) is 6.01. The molecule has 0 atom stereocenters. The quantitative estimate of drug-likeness (QED) is 0.464. The van der Waals surface area contributed by atoms with Gasteiger partial charge >= 0.3 is 0 Å². The van der Waals surface area contributed by atoms with Crippen LogP contribution in [-0.4, -0.2) is 37.8 Å². The van der Waals surface area contributed by atoms with Gasteiger partial charge in [0.25, 0.3) is 11.5 Å². The fraction of sp³-hybridized carbons (Fsp3) is 0.150. The molecule has 10 heteroatoms. The summed E-state index contributed by atoms with van der Waals surface area (Å²) in [4.78, 5) is 29.5. The molecule has 1 aromatic heterocycles. The van der Waals surface area contributed by atoms with Crippen LogP contribution in [0.2, 0.25) is 0 Å². The first-order chi connectivity index (χ1) is 13.9. The molecule has 3 rings (SSSR count). The third-order valence-corrected chi connectivity index (χ3v) is 4.31.